The van der Waals surface area contributed by atoms with Crippen molar-refractivity contribution in [2.45, 2.75) is 19.8 Å². The molecule has 1 saturated carbocycles. The van der Waals surface area contributed by atoms with Crippen LogP contribution in [-0.2, 0) is 0 Å². The van der Waals surface area contributed by atoms with Gasteiger partial charge in [0.2, 0.25) is 0 Å². The number of rotatable bonds is 6. The molecular weight excluding hydrogens is 466 g/mol. The molecule has 0 unspecified atom stereocenters. The van der Waals surface area contributed by atoms with Gasteiger partial charge in [-0.3, -0.25) is 15.1 Å². The van der Waals surface area contributed by atoms with Crippen LogP contribution in [0.1, 0.15) is 17.7 Å². The first-order valence-corrected chi connectivity index (χ1v) is 12.7. The summed E-state index contributed by atoms with van der Waals surface area (Å²) in [6.45, 7) is 6.28. The van der Waals surface area contributed by atoms with Gasteiger partial charge in [0.15, 0.2) is 5.65 Å². The summed E-state index contributed by atoms with van der Waals surface area (Å²) in [6.07, 6.45) is 9.80. The van der Waals surface area contributed by atoms with Gasteiger partial charge >= 0.3 is 0 Å². The summed E-state index contributed by atoms with van der Waals surface area (Å²) in [5.74, 6) is 0.580. The van der Waals surface area contributed by atoms with E-state index in [1.165, 1.54) is 17.7 Å². The Morgan fingerprint density at radius 2 is 1.92 bits per heavy atom. The molecule has 0 radical (unpaired) electrons. The molecule has 0 aliphatic heterocycles. The highest BCUT2D eigenvalue weighted by Gasteiger charge is 2.24. The number of pyridine rings is 3. The van der Waals surface area contributed by atoms with Crippen LogP contribution in [0, 0.1) is 12.8 Å². The Morgan fingerprint density at radius 3 is 2.75 bits per heavy atom. The molecule has 6 aromatic rings. The number of hydrogen-bond donors (Lipinski definition) is 3. The third-order valence-corrected chi connectivity index (χ3v) is 7.65. The Balaban J connectivity index is 1.28. The van der Waals surface area contributed by atoms with Gasteiger partial charge in [0.1, 0.15) is 0 Å². The average Bonchev–Trinajstić information content (AvgIpc) is 3.30. The molecule has 1 aliphatic rings. The lowest BCUT2D eigenvalue weighted by Crippen LogP contribution is -2.00. The summed E-state index contributed by atoms with van der Waals surface area (Å²) >= 11 is 1.75. The molecule has 6 heterocycles. The van der Waals surface area contributed by atoms with Gasteiger partial charge in [-0.1, -0.05) is 6.58 Å². The van der Waals surface area contributed by atoms with E-state index in [1.54, 1.807) is 11.3 Å². The molecule has 0 saturated heterocycles. The number of nitrogens with one attached hydrogen (secondary N) is 3. The van der Waals surface area contributed by atoms with Crippen LogP contribution in [0.3, 0.4) is 0 Å². The number of anilines is 1. The maximum Gasteiger partial charge on any atom is 0.181 e. The molecule has 7 rings (SSSR count). The number of hydrogen-bond acceptors (Lipinski definition) is 6. The number of aromatic amines is 2. The first-order chi connectivity index (χ1) is 17.6. The molecule has 36 heavy (non-hydrogen) atoms. The molecular formula is C28H23N7S. The van der Waals surface area contributed by atoms with Crippen LogP contribution < -0.4 is 5.32 Å². The second kappa shape index (κ2) is 8.13. The van der Waals surface area contributed by atoms with Gasteiger partial charge in [0, 0.05) is 56.6 Å². The molecule has 0 spiro atoms. The molecule has 0 aromatic carbocycles. The fourth-order valence-electron chi connectivity index (χ4n) is 4.59. The van der Waals surface area contributed by atoms with Crippen LogP contribution in [-0.4, -0.2) is 30.1 Å². The second-order valence-electron chi connectivity index (χ2n) is 9.29. The van der Waals surface area contributed by atoms with E-state index in [0.29, 0.717) is 11.6 Å². The van der Waals surface area contributed by atoms with Crippen LogP contribution in [0.2, 0.25) is 0 Å². The Kier molecular flexibility index (Phi) is 4.75. The summed E-state index contributed by atoms with van der Waals surface area (Å²) in [5.41, 5.74) is 8.50. The Morgan fingerprint density at radius 1 is 1.03 bits per heavy atom. The lowest BCUT2D eigenvalue weighted by atomic mass is 10.1. The molecule has 8 heteroatoms. The highest BCUT2D eigenvalue weighted by Crippen LogP contribution is 2.37. The molecule has 176 valence electrons. The Hall–Kier alpha value is -4.30. The van der Waals surface area contributed by atoms with Crippen molar-refractivity contribution >= 4 is 39.0 Å². The molecule has 1 fully saturated rings. The zero-order chi connectivity index (χ0) is 24.2. The van der Waals surface area contributed by atoms with Crippen molar-refractivity contribution in [1.82, 2.24) is 30.1 Å². The van der Waals surface area contributed by atoms with Crippen molar-refractivity contribution in [2.75, 3.05) is 5.32 Å². The largest absolute Gasteiger partial charge is 0.358 e. The van der Waals surface area contributed by atoms with Crippen molar-refractivity contribution in [3.63, 3.8) is 0 Å². The van der Waals surface area contributed by atoms with Crippen LogP contribution >= 0.6 is 11.3 Å². The van der Waals surface area contributed by atoms with Crippen molar-refractivity contribution in [3.8, 4) is 33.1 Å². The number of aryl methyl sites for hydroxylation is 1. The van der Waals surface area contributed by atoms with Gasteiger partial charge < -0.3 is 10.3 Å². The summed E-state index contributed by atoms with van der Waals surface area (Å²) in [7, 11) is 0. The summed E-state index contributed by atoms with van der Waals surface area (Å²) < 4.78 is 0. The topological polar surface area (TPSA) is 95.2 Å². The van der Waals surface area contributed by atoms with Gasteiger partial charge in [0.25, 0.3) is 0 Å². The van der Waals surface area contributed by atoms with Gasteiger partial charge in [-0.25, -0.2) is 4.98 Å². The number of allylic oxidation sites excluding steroid dienone is 1. The lowest BCUT2D eigenvalue weighted by Gasteiger charge is -2.09. The predicted octanol–water partition coefficient (Wildman–Crippen LogP) is 6.94. The zero-order valence-electron chi connectivity index (χ0n) is 19.7. The minimum absolute atomic E-state index is 0.580. The van der Waals surface area contributed by atoms with Crippen molar-refractivity contribution < 1.29 is 0 Å². The molecule has 3 N–H and O–H groups in total. The summed E-state index contributed by atoms with van der Waals surface area (Å²) in [4.78, 5) is 19.7. The van der Waals surface area contributed by atoms with Crippen LogP contribution in [0.5, 0.6) is 0 Å². The Labute approximate surface area is 211 Å². The maximum atomic E-state index is 4.68. The third kappa shape index (κ3) is 3.67. The zero-order valence-corrected chi connectivity index (χ0v) is 20.5. The van der Waals surface area contributed by atoms with Crippen LogP contribution in [0.15, 0.2) is 73.5 Å². The highest BCUT2D eigenvalue weighted by molar-refractivity contribution is 7.15. The van der Waals surface area contributed by atoms with Gasteiger partial charge in [-0.05, 0) is 62.1 Å². The van der Waals surface area contributed by atoms with Gasteiger partial charge in [-0.2, -0.15) is 5.10 Å². The lowest BCUT2D eigenvalue weighted by molar-refractivity contribution is 1.02. The molecule has 0 atom stereocenters. The SMILES string of the molecule is C=C(Nc1cncc(-c2cnc3n[nH]c(-c4cc5c(-c6ccc(C)s6)nccc5[nH]4)c3c2)c1)C1CC1. The highest BCUT2D eigenvalue weighted by atomic mass is 32.1. The van der Waals surface area contributed by atoms with Crippen molar-refractivity contribution in [1.29, 1.82) is 0 Å². The number of thiophene rings is 1. The maximum absolute atomic E-state index is 4.68. The first-order valence-electron chi connectivity index (χ1n) is 11.9. The molecule has 0 amide bonds. The predicted molar refractivity (Wildman–Crippen MR) is 146 cm³/mol. The quantitative estimate of drug-likeness (QED) is 0.236. The normalized spacial score (nSPS) is 13.5. The standard InChI is InChI=1S/C28H23N7S/c1-15-3-6-25(36-15)27-21-11-24(33-23(21)7-8-30-27)26-22-10-19(13-31-28(22)35-34-26)18-9-20(14-29-12-18)32-16(2)17-4-5-17/h3,6-14,17,32-33H,2,4-5H2,1H3,(H,31,34,35). The fraction of sp³-hybridized carbons (Fsp3) is 0.143. The Bertz CT molecular complexity index is 1770. The summed E-state index contributed by atoms with van der Waals surface area (Å²) in [5, 5.41) is 13.1. The molecule has 1 aliphatic carbocycles. The molecule has 6 aromatic heterocycles. The van der Waals surface area contributed by atoms with E-state index < -0.39 is 0 Å². The van der Waals surface area contributed by atoms with E-state index in [0.717, 1.165) is 60.8 Å². The fourth-order valence-corrected chi connectivity index (χ4v) is 5.47. The minimum Gasteiger partial charge on any atom is -0.358 e. The second-order valence-corrected chi connectivity index (χ2v) is 10.6. The van der Waals surface area contributed by atoms with Crippen molar-refractivity contribution in [3.05, 3.63) is 78.3 Å². The molecule has 7 nitrogen and oxygen atoms in total. The minimum atomic E-state index is 0.580. The van der Waals surface area contributed by atoms with E-state index >= 15 is 0 Å². The van der Waals surface area contributed by atoms with E-state index in [2.05, 4.69) is 79.3 Å². The number of nitrogens with zero attached hydrogens (tertiary/aromatic N) is 4. The first kappa shape index (κ1) is 21.0. The number of fused-ring (bicyclic) bond motifs is 2. The number of H-pyrrole nitrogens is 2. The van der Waals surface area contributed by atoms with E-state index in [9.17, 15) is 0 Å². The smallest absolute Gasteiger partial charge is 0.181 e. The van der Waals surface area contributed by atoms with E-state index in [4.69, 9.17) is 0 Å². The van der Waals surface area contributed by atoms with Gasteiger partial charge in [0.05, 0.1) is 33.8 Å². The third-order valence-electron chi connectivity index (χ3n) is 6.65. The van der Waals surface area contributed by atoms with Gasteiger partial charge in [-0.15, -0.1) is 11.3 Å². The number of aromatic nitrogens is 6. The average molecular weight is 490 g/mol. The van der Waals surface area contributed by atoms with Crippen molar-refractivity contribution in [2.24, 2.45) is 5.92 Å². The van der Waals surface area contributed by atoms with E-state index in [-0.39, 0.29) is 0 Å². The summed E-state index contributed by atoms with van der Waals surface area (Å²) in [6, 6.07) is 12.6. The van der Waals surface area contributed by atoms with Crippen LogP contribution in [0.4, 0.5) is 5.69 Å². The van der Waals surface area contributed by atoms with Crippen LogP contribution in [0.25, 0.3) is 55.0 Å². The molecule has 0 bridgehead atoms. The monoisotopic (exact) mass is 489 g/mol. The van der Waals surface area contributed by atoms with E-state index in [1.807, 2.05) is 30.9 Å².